The number of aliphatic hydroxyl groups excluding tert-OH is 1. The van der Waals surface area contributed by atoms with Crippen LogP contribution >= 0.6 is 11.6 Å². The maximum Gasteiger partial charge on any atom is 0.0794 e. The predicted octanol–water partition coefficient (Wildman–Crippen LogP) is 6.24. The third kappa shape index (κ3) is 2.18. The minimum absolute atomic E-state index is 0.259. The fourth-order valence-electron chi connectivity index (χ4n) is 7.24. The fourth-order valence-corrected chi connectivity index (χ4v) is 7.86. The van der Waals surface area contributed by atoms with Crippen LogP contribution in [0.1, 0.15) is 65.2 Å². The molecule has 7 atom stereocenters. The van der Waals surface area contributed by atoms with Gasteiger partial charge in [-0.3, -0.25) is 0 Å². The maximum atomic E-state index is 9.26. The van der Waals surface area contributed by atoms with E-state index in [9.17, 15) is 5.11 Å². The Balaban J connectivity index is 1.66. The highest BCUT2D eigenvalue weighted by molar-refractivity contribution is 6.20. The number of rotatable bonds is 1. The summed E-state index contributed by atoms with van der Waals surface area (Å²) in [7, 11) is 0. The lowest BCUT2D eigenvalue weighted by molar-refractivity contribution is -0.0959. The highest BCUT2D eigenvalue weighted by Gasteiger charge is 2.59. The van der Waals surface area contributed by atoms with Crippen molar-refractivity contribution in [2.45, 2.75) is 70.6 Å². The van der Waals surface area contributed by atoms with E-state index in [-0.39, 0.29) is 5.41 Å². The van der Waals surface area contributed by atoms with Crippen LogP contribution in [0.3, 0.4) is 0 Å². The van der Waals surface area contributed by atoms with E-state index in [2.05, 4.69) is 19.9 Å². The predicted molar refractivity (Wildman–Crippen MR) is 96.6 cm³/mol. The normalized spacial score (nSPS) is 52.7. The van der Waals surface area contributed by atoms with Crippen LogP contribution in [0.2, 0.25) is 0 Å². The maximum absolute atomic E-state index is 9.26. The molecule has 0 amide bonds. The number of fused-ring (bicyclic) bond motifs is 5. The first-order valence-corrected chi connectivity index (χ1v) is 10.1. The second-order valence-corrected chi connectivity index (χ2v) is 9.71. The van der Waals surface area contributed by atoms with E-state index in [1.165, 1.54) is 63.2 Å². The van der Waals surface area contributed by atoms with E-state index in [4.69, 9.17) is 11.6 Å². The van der Waals surface area contributed by atoms with Crippen LogP contribution in [0, 0.1) is 34.5 Å². The third-order valence-electron chi connectivity index (χ3n) is 8.44. The summed E-state index contributed by atoms with van der Waals surface area (Å²) in [5, 5.41) is 9.63. The molecule has 0 aromatic heterocycles. The number of alkyl halides is 1. The summed E-state index contributed by atoms with van der Waals surface area (Å²) < 4.78 is 0. The Morgan fingerprint density at radius 2 is 1.96 bits per heavy atom. The van der Waals surface area contributed by atoms with Crippen LogP contribution in [-0.2, 0) is 0 Å². The summed E-state index contributed by atoms with van der Waals surface area (Å²) >= 11 is 6.96. The van der Waals surface area contributed by atoms with Gasteiger partial charge in [0.1, 0.15) is 0 Å². The Labute approximate surface area is 146 Å². The van der Waals surface area contributed by atoms with Gasteiger partial charge >= 0.3 is 0 Å². The summed E-state index contributed by atoms with van der Waals surface area (Å²) in [4.78, 5) is 0. The van der Waals surface area contributed by atoms with Gasteiger partial charge in [-0.1, -0.05) is 32.8 Å². The monoisotopic (exact) mass is 334 g/mol. The molecule has 0 aliphatic heterocycles. The van der Waals surface area contributed by atoms with Crippen molar-refractivity contribution in [3.8, 4) is 0 Å². The van der Waals surface area contributed by atoms with Gasteiger partial charge in [0, 0.05) is 5.38 Å². The second kappa shape index (κ2) is 5.55. The van der Waals surface area contributed by atoms with Crippen molar-refractivity contribution in [1.82, 2.24) is 0 Å². The first-order chi connectivity index (χ1) is 11.0. The van der Waals surface area contributed by atoms with Crippen molar-refractivity contribution in [1.29, 1.82) is 0 Å². The minimum Gasteiger partial charge on any atom is -0.516 e. The molecule has 2 unspecified atom stereocenters. The molecule has 0 spiro atoms. The van der Waals surface area contributed by atoms with Crippen molar-refractivity contribution in [3.05, 3.63) is 24.0 Å². The van der Waals surface area contributed by atoms with Crippen molar-refractivity contribution in [3.63, 3.8) is 0 Å². The fraction of sp³-hybridized carbons (Fsp3) is 0.810. The summed E-state index contributed by atoms with van der Waals surface area (Å²) in [6.07, 6.45) is 16.1. The summed E-state index contributed by atoms with van der Waals surface area (Å²) in [5.41, 5.74) is 2.10. The molecular weight excluding hydrogens is 304 g/mol. The Morgan fingerprint density at radius 3 is 2.74 bits per heavy atom. The zero-order valence-corrected chi connectivity index (χ0v) is 15.4. The van der Waals surface area contributed by atoms with Crippen molar-refractivity contribution >= 4 is 11.6 Å². The van der Waals surface area contributed by atoms with Crippen LogP contribution in [0.25, 0.3) is 0 Å². The molecule has 0 aromatic carbocycles. The van der Waals surface area contributed by atoms with Gasteiger partial charge < -0.3 is 5.11 Å². The first kappa shape index (κ1) is 16.1. The van der Waals surface area contributed by atoms with Gasteiger partial charge in [0.2, 0.25) is 0 Å². The highest BCUT2D eigenvalue weighted by Crippen LogP contribution is 2.66. The average Bonchev–Trinajstić information content (AvgIpc) is 2.85. The number of hydrogen-bond donors (Lipinski definition) is 1. The van der Waals surface area contributed by atoms with E-state index >= 15 is 0 Å². The zero-order chi connectivity index (χ0) is 16.2. The van der Waals surface area contributed by atoms with Gasteiger partial charge in [0.25, 0.3) is 0 Å². The molecule has 3 saturated carbocycles. The van der Waals surface area contributed by atoms with Crippen LogP contribution in [-0.4, -0.2) is 10.5 Å². The van der Waals surface area contributed by atoms with E-state index in [1.54, 1.807) is 0 Å². The molecule has 0 bridgehead atoms. The summed E-state index contributed by atoms with van der Waals surface area (Å²) in [6.45, 7) is 5.01. The quantitative estimate of drug-likeness (QED) is 0.444. The topological polar surface area (TPSA) is 20.2 Å². The van der Waals surface area contributed by atoms with Gasteiger partial charge in [-0.25, -0.2) is 0 Å². The molecule has 0 aromatic rings. The van der Waals surface area contributed by atoms with E-state index in [1.807, 2.05) is 6.08 Å². The Hall–Kier alpha value is -0.430. The minimum atomic E-state index is 0.259. The lowest BCUT2D eigenvalue weighted by Crippen LogP contribution is -2.55. The SMILES string of the molecule is C[C@]12CCCCC1C(Cl)C[C@@H]1[C@@H]2CC[C@]2(C)C(C=CO)=CC[C@@H]12. The van der Waals surface area contributed by atoms with Crippen molar-refractivity contribution < 1.29 is 5.11 Å². The van der Waals surface area contributed by atoms with Crippen molar-refractivity contribution in [2.75, 3.05) is 0 Å². The smallest absolute Gasteiger partial charge is 0.0794 e. The summed E-state index contributed by atoms with van der Waals surface area (Å²) in [5.74, 6) is 3.12. The first-order valence-electron chi connectivity index (χ1n) is 9.66. The van der Waals surface area contributed by atoms with Crippen LogP contribution < -0.4 is 0 Å². The Bertz CT molecular complexity index is 538. The number of aliphatic hydroxyl groups is 1. The van der Waals surface area contributed by atoms with E-state index in [0.29, 0.717) is 10.8 Å². The molecule has 23 heavy (non-hydrogen) atoms. The molecule has 0 heterocycles. The Morgan fingerprint density at radius 1 is 1.13 bits per heavy atom. The molecular formula is C21H31ClO. The van der Waals surface area contributed by atoms with E-state index < -0.39 is 0 Å². The molecule has 4 aliphatic carbocycles. The molecule has 4 aliphatic rings. The Kier molecular flexibility index (Phi) is 3.87. The zero-order valence-electron chi connectivity index (χ0n) is 14.6. The van der Waals surface area contributed by atoms with Crippen molar-refractivity contribution in [2.24, 2.45) is 34.5 Å². The molecule has 4 rings (SSSR count). The molecule has 3 fully saturated rings. The average molecular weight is 335 g/mol. The van der Waals surface area contributed by atoms with Crippen LogP contribution in [0.5, 0.6) is 0 Å². The van der Waals surface area contributed by atoms with Crippen LogP contribution in [0.15, 0.2) is 24.0 Å². The number of allylic oxidation sites excluding steroid dienone is 3. The van der Waals surface area contributed by atoms with Gasteiger partial charge in [0.05, 0.1) is 6.26 Å². The van der Waals surface area contributed by atoms with Gasteiger partial charge in [0.15, 0.2) is 0 Å². The number of hydrogen-bond acceptors (Lipinski definition) is 1. The second-order valence-electron chi connectivity index (χ2n) is 9.15. The molecule has 128 valence electrons. The van der Waals surface area contributed by atoms with Gasteiger partial charge in [-0.2, -0.15) is 0 Å². The largest absolute Gasteiger partial charge is 0.516 e. The van der Waals surface area contributed by atoms with E-state index in [0.717, 1.165) is 23.7 Å². The summed E-state index contributed by atoms with van der Waals surface area (Å²) in [6, 6.07) is 0. The molecule has 0 saturated heterocycles. The molecule has 1 nitrogen and oxygen atoms in total. The van der Waals surface area contributed by atoms with Crippen LogP contribution in [0.4, 0.5) is 0 Å². The third-order valence-corrected chi connectivity index (χ3v) is 8.92. The van der Waals surface area contributed by atoms with Gasteiger partial charge in [-0.15, -0.1) is 11.6 Å². The molecule has 0 radical (unpaired) electrons. The molecule has 2 heteroatoms. The van der Waals surface area contributed by atoms with Gasteiger partial charge in [-0.05, 0) is 84.7 Å². The molecule has 1 N–H and O–H groups in total. The lowest BCUT2D eigenvalue weighted by atomic mass is 9.45. The lowest BCUT2D eigenvalue weighted by Gasteiger charge is -2.61. The highest BCUT2D eigenvalue weighted by atomic mass is 35.5. The standard InChI is InChI=1S/C21H31ClO/c1-20-11-8-17-15(16(20)7-6-14(20)9-12-23)13-19(22)18-5-3-4-10-21(17,18)2/h6,9,12,15-19,23H,3-5,7-8,10-11,13H2,1-2H3/t15-,16-,17-,18?,19?,20+,21+/m0/s1. The number of halogens is 1.